The molecule has 0 saturated heterocycles. The molecule has 3 aromatic carbocycles. The Labute approximate surface area is 195 Å². The predicted molar refractivity (Wildman–Crippen MR) is 129 cm³/mol. The second-order valence-corrected chi connectivity index (χ2v) is 8.18. The largest absolute Gasteiger partial charge is 0.350 e. The third-order valence-corrected chi connectivity index (χ3v) is 5.71. The minimum atomic E-state index is -0.626. The average molecular weight is 449 g/mol. The lowest BCUT2D eigenvalue weighted by molar-refractivity contribution is -0.141. The van der Waals surface area contributed by atoms with Gasteiger partial charge in [0.05, 0.1) is 0 Å². The zero-order chi connectivity index (χ0) is 22.8. The lowest BCUT2D eigenvalue weighted by Gasteiger charge is -2.31. The topological polar surface area (TPSA) is 49.4 Å². The molecule has 32 heavy (non-hydrogen) atoms. The summed E-state index contributed by atoms with van der Waals surface area (Å²) < 4.78 is 0. The molecule has 0 aromatic heterocycles. The van der Waals surface area contributed by atoms with E-state index >= 15 is 0 Å². The van der Waals surface area contributed by atoms with Crippen LogP contribution in [0.2, 0.25) is 5.02 Å². The first-order valence-corrected chi connectivity index (χ1v) is 11.3. The molecular formula is C27H29ClN2O2. The summed E-state index contributed by atoms with van der Waals surface area (Å²) in [5.74, 6) is -0.209. The van der Waals surface area contributed by atoms with Gasteiger partial charge < -0.3 is 10.2 Å². The summed E-state index contributed by atoms with van der Waals surface area (Å²) in [6, 6.07) is 26.4. The molecule has 0 saturated carbocycles. The van der Waals surface area contributed by atoms with Crippen LogP contribution < -0.4 is 5.32 Å². The fourth-order valence-corrected chi connectivity index (χ4v) is 3.84. The van der Waals surface area contributed by atoms with Crippen molar-refractivity contribution < 1.29 is 9.59 Å². The molecule has 0 heterocycles. The molecule has 5 heteroatoms. The first-order chi connectivity index (χ1) is 15.6. The van der Waals surface area contributed by atoms with Crippen LogP contribution in [0, 0.1) is 0 Å². The number of hydrogen-bond acceptors (Lipinski definition) is 2. The van der Waals surface area contributed by atoms with Crippen molar-refractivity contribution in [3.05, 3.63) is 107 Å². The maximum atomic E-state index is 13.4. The summed E-state index contributed by atoms with van der Waals surface area (Å²) in [5, 5.41) is 3.61. The SMILES string of the molecule is CCCC(=O)N(Cc1ccccc1)[C@H](Cc1ccccc1)C(=O)NCc1ccccc1Cl. The lowest BCUT2D eigenvalue weighted by Crippen LogP contribution is -2.50. The Morgan fingerprint density at radius 1 is 0.875 bits per heavy atom. The highest BCUT2D eigenvalue weighted by Crippen LogP contribution is 2.18. The van der Waals surface area contributed by atoms with Gasteiger partial charge in [-0.2, -0.15) is 0 Å². The number of carbonyl (C=O) groups is 2. The van der Waals surface area contributed by atoms with E-state index in [-0.39, 0.29) is 11.8 Å². The number of benzene rings is 3. The Morgan fingerprint density at radius 2 is 1.47 bits per heavy atom. The van der Waals surface area contributed by atoms with Crippen molar-refractivity contribution >= 4 is 23.4 Å². The quantitative estimate of drug-likeness (QED) is 0.451. The number of hydrogen-bond donors (Lipinski definition) is 1. The van der Waals surface area contributed by atoms with Gasteiger partial charge in [-0.15, -0.1) is 0 Å². The first-order valence-electron chi connectivity index (χ1n) is 11.0. The molecule has 1 atom stereocenters. The lowest BCUT2D eigenvalue weighted by atomic mass is 10.0. The predicted octanol–water partition coefficient (Wildman–Crippen LogP) is 5.40. The van der Waals surface area contributed by atoms with Crippen molar-refractivity contribution in [2.24, 2.45) is 0 Å². The van der Waals surface area contributed by atoms with Crippen LogP contribution in [0.1, 0.15) is 36.5 Å². The number of rotatable bonds is 10. The van der Waals surface area contributed by atoms with Crippen LogP contribution in [0.25, 0.3) is 0 Å². The highest BCUT2D eigenvalue weighted by molar-refractivity contribution is 6.31. The standard InChI is InChI=1S/C27H29ClN2O2/c1-2-11-26(31)30(20-22-14-7-4-8-15-22)25(18-21-12-5-3-6-13-21)27(32)29-19-23-16-9-10-17-24(23)28/h3-10,12-17,25H,2,11,18-20H2,1H3,(H,29,32)/t25-/m1/s1. The highest BCUT2D eigenvalue weighted by atomic mass is 35.5. The number of carbonyl (C=O) groups excluding carboxylic acids is 2. The van der Waals surface area contributed by atoms with Crippen molar-refractivity contribution in [2.75, 3.05) is 0 Å². The molecule has 0 aliphatic rings. The van der Waals surface area contributed by atoms with Crippen molar-refractivity contribution in [2.45, 2.75) is 45.3 Å². The summed E-state index contributed by atoms with van der Waals surface area (Å²) in [6.07, 6.45) is 1.57. The van der Waals surface area contributed by atoms with Crippen LogP contribution in [0.5, 0.6) is 0 Å². The van der Waals surface area contributed by atoms with Crippen LogP contribution in [0.4, 0.5) is 0 Å². The highest BCUT2D eigenvalue weighted by Gasteiger charge is 2.29. The number of halogens is 1. The van der Waals surface area contributed by atoms with E-state index in [0.717, 1.165) is 23.1 Å². The summed E-state index contributed by atoms with van der Waals surface area (Å²) in [4.78, 5) is 28.3. The van der Waals surface area contributed by atoms with Crippen LogP contribution in [-0.2, 0) is 29.1 Å². The van der Waals surface area contributed by atoms with E-state index in [9.17, 15) is 9.59 Å². The molecule has 0 radical (unpaired) electrons. The van der Waals surface area contributed by atoms with E-state index in [1.54, 1.807) is 11.0 Å². The van der Waals surface area contributed by atoms with Crippen LogP contribution in [0.3, 0.4) is 0 Å². The molecule has 0 fully saturated rings. The Balaban J connectivity index is 1.87. The van der Waals surface area contributed by atoms with E-state index in [1.165, 1.54) is 0 Å². The summed E-state index contributed by atoms with van der Waals surface area (Å²) in [5.41, 5.74) is 2.84. The first kappa shape index (κ1) is 23.6. The van der Waals surface area contributed by atoms with E-state index in [4.69, 9.17) is 11.6 Å². The van der Waals surface area contributed by atoms with Gasteiger partial charge in [0.1, 0.15) is 6.04 Å². The monoisotopic (exact) mass is 448 g/mol. The average Bonchev–Trinajstić information content (AvgIpc) is 2.82. The molecule has 1 N–H and O–H groups in total. The van der Waals surface area contributed by atoms with Gasteiger partial charge in [-0.3, -0.25) is 9.59 Å². The zero-order valence-corrected chi connectivity index (χ0v) is 19.1. The van der Waals surface area contributed by atoms with E-state index < -0.39 is 6.04 Å². The van der Waals surface area contributed by atoms with Gasteiger partial charge in [-0.1, -0.05) is 97.4 Å². The Bertz CT molecular complexity index is 1010. The molecule has 0 spiro atoms. The minimum Gasteiger partial charge on any atom is -0.350 e. The molecule has 166 valence electrons. The maximum Gasteiger partial charge on any atom is 0.243 e. The molecule has 4 nitrogen and oxygen atoms in total. The van der Waals surface area contributed by atoms with Gasteiger partial charge >= 0.3 is 0 Å². The Hall–Kier alpha value is -3.11. The smallest absolute Gasteiger partial charge is 0.243 e. The minimum absolute atomic E-state index is 0.0230. The molecule has 3 aromatic rings. The van der Waals surface area contributed by atoms with Gasteiger partial charge in [0.15, 0.2) is 0 Å². The molecule has 0 bridgehead atoms. The number of nitrogens with one attached hydrogen (secondary N) is 1. The van der Waals surface area contributed by atoms with E-state index in [1.807, 2.05) is 85.8 Å². The van der Waals surface area contributed by atoms with Gasteiger partial charge in [-0.25, -0.2) is 0 Å². The number of nitrogens with zero attached hydrogens (tertiary/aromatic N) is 1. The Morgan fingerprint density at radius 3 is 2.09 bits per heavy atom. The van der Waals surface area contributed by atoms with Crippen molar-refractivity contribution in [3.63, 3.8) is 0 Å². The van der Waals surface area contributed by atoms with E-state index in [0.29, 0.717) is 31.0 Å². The molecule has 0 aliphatic carbocycles. The Kier molecular flexibility index (Phi) is 8.88. The van der Waals surface area contributed by atoms with E-state index in [2.05, 4.69) is 5.32 Å². The van der Waals surface area contributed by atoms with Crippen molar-refractivity contribution in [1.82, 2.24) is 10.2 Å². The fourth-order valence-electron chi connectivity index (χ4n) is 3.63. The zero-order valence-electron chi connectivity index (χ0n) is 18.3. The fraction of sp³-hybridized carbons (Fsp3) is 0.259. The number of amides is 2. The van der Waals surface area contributed by atoms with Crippen LogP contribution >= 0.6 is 11.6 Å². The van der Waals surface area contributed by atoms with Gasteiger partial charge in [-0.05, 0) is 29.2 Å². The molecule has 2 amide bonds. The summed E-state index contributed by atoms with van der Waals surface area (Å²) in [7, 11) is 0. The third-order valence-electron chi connectivity index (χ3n) is 5.34. The summed E-state index contributed by atoms with van der Waals surface area (Å²) in [6.45, 7) is 2.67. The van der Waals surface area contributed by atoms with Crippen molar-refractivity contribution in [3.8, 4) is 0 Å². The van der Waals surface area contributed by atoms with Gasteiger partial charge in [0.2, 0.25) is 11.8 Å². The van der Waals surface area contributed by atoms with Gasteiger partial charge in [0.25, 0.3) is 0 Å². The molecule has 0 unspecified atom stereocenters. The normalized spacial score (nSPS) is 11.6. The van der Waals surface area contributed by atoms with Crippen molar-refractivity contribution in [1.29, 1.82) is 0 Å². The van der Waals surface area contributed by atoms with Crippen LogP contribution in [-0.4, -0.2) is 22.8 Å². The molecular weight excluding hydrogens is 420 g/mol. The van der Waals surface area contributed by atoms with Crippen LogP contribution in [0.15, 0.2) is 84.9 Å². The second kappa shape index (κ2) is 12.1. The van der Waals surface area contributed by atoms with Gasteiger partial charge in [0, 0.05) is 31.0 Å². The second-order valence-electron chi connectivity index (χ2n) is 7.77. The maximum absolute atomic E-state index is 13.4. The molecule has 0 aliphatic heterocycles. The summed E-state index contributed by atoms with van der Waals surface area (Å²) >= 11 is 6.26. The third kappa shape index (κ3) is 6.69. The molecule has 3 rings (SSSR count).